The Balaban J connectivity index is 1.51. The number of unbranched alkanes of at least 4 members (excludes halogenated alkanes) is 1. The second-order valence-corrected chi connectivity index (χ2v) is 16.5. The lowest BCUT2D eigenvalue weighted by Gasteiger charge is -2.43. The molecule has 10 atom stereocenters. The van der Waals surface area contributed by atoms with Crippen molar-refractivity contribution in [3.05, 3.63) is 64.8 Å². The first-order valence-corrected chi connectivity index (χ1v) is 19.8. The van der Waals surface area contributed by atoms with Gasteiger partial charge >= 0.3 is 5.97 Å². The van der Waals surface area contributed by atoms with E-state index in [2.05, 4.69) is 5.32 Å². The second kappa shape index (κ2) is 18.8. The molecule has 14 heteroatoms. The average Bonchev–Trinajstić information content (AvgIpc) is 3.55. The van der Waals surface area contributed by atoms with Gasteiger partial charge in [-0.15, -0.1) is 0 Å². The molecule has 56 heavy (non-hydrogen) atoms. The van der Waals surface area contributed by atoms with E-state index >= 15 is 0 Å². The SMILES string of the molecule is CC[C@H]1OC(=O)[C@H](C)[C@@H](O)[C@H](C)[C@@H](O)[C@](C)(O)C[C@@H](C)CN(CCCCNC(=O)c2cn(C(=O)c3ccc(Cl)cc3)c3ccc(OC)cc23)[C@H](C)[C@@H](O)[C@]1(C)O. The summed E-state index contributed by atoms with van der Waals surface area (Å²) < 4.78 is 12.5. The van der Waals surface area contributed by atoms with Crippen LogP contribution in [0.2, 0.25) is 5.02 Å². The number of esters is 1. The van der Waals surface area contributed by atoms with Crippen LogP contribution in [0.1, 0.15) is 94.9 Å². The molecule has 0 aliphatic carbocycles. The molecule has 1 saturated heterocycles. The molecule has 4 rings (SSSR count). The van der Waals surface area contributed by atoms with Gasteiger partial charge in [0.1, 0.15) is 23.6 Å². The monoisotopic (exact) mass is 801 g/mol. The number of halogens is 1. The minimum atomic E-state index is -1.86. The van der Waals surface area contributed by atoms with Gasteiger partial charge in [0.15, 0.2) is 0 Å². The molecule has 1 aliphatic heterocycles. The molecule has 1 amide bonds. The summed E-state index contributed by atoms with van der Waals surface area (Å²) in [5, 5.41) is 61.0. The smallest absolute Gasteiger partial charge is 0.311 e. The number of cyclic esters (lactones) is 1. The molecule has 2 heterocycles. The molecular formula is C42H60ClN3O10. The number of hydrogen-bond donors (Lipinski definition) is 6. The number of aliphatic hydroxyl groups is 5. The fourth-order valence-corrected chi connectivity index (χ4v) is 8.12. The predicted molar refractivity (Wildman–Crippen MR) is 214 cm³/mol. The molecule has 0 unspecified atom stereocenters. The van der Waals surface area contributed by atoms with Gasteiger partial charge in [0.25, 0.3) is 11.8 Å². The van der Waals surface area contributed by atoms with Crippen LogP contribution >= 0.6 is 11.6 Å². The number of fused-ring (bicyclic) bond motifs is 1. The molecule has 3 aromatic rings. The van der Waals surface area contributed by atoms with Gasteiger partial charge in [-0.2, -0.15) is 0 Å². The highest BCUT2D eigenvalue weighted by molar-refractivity contribution is 6.30. The first-order chi connectivity index (χ1) is 26.2. The number of carbonyl (C=O) groups is 3. The topological polar surface area (TPSA) is 191 Å². The largest absolute Gasteiger partial charge is 0.497 e. The summed E-state index contributed by atoms with van der Waals surface area (Å²) in [7, 11) is 1.52. The molecule has 1 fully saturated rings. The summed E-state index contributed by atoms with van der Waals surface area (Å²) in [4.78, 5) is 42.3. The molecule has 0 saturated carbocycles. The van der Waals surface area contributed by atoms with E-state index in [-0.39, 0.29) is 30.6 Å². The van der Waals surface area contributed by atoms with Gasteiger partial charge in [-0.25, -0.2) is 0 Å². The van der Waals surface area contributed by atoms with Crippen molar-refractivity contribution in [3.8, 4) is 5.75 Å². The molecule has 13 nitrogen and oxygen atoms in total. The van der Waals surface area contributed by atoms with Gasteiger partial charge in [-0.05, 0) is 108 Å². The van der Waals surface area contributed by atoms with Crippen LogP contribution in [0.15, 0.2) is 48.7 Å². The molecule has 6 N–H and O–H groups in total. The Morgan fingerprint density at radius 2 is 1.66 bits per heavy atom. The quantitative estimate of drug-likeness (QED) is 0.133. The van der Waals surface area contributed by atoms with Gasteiger partial charge in [-0.3, -0.25) is 23.9 Å². The van der Waals surface area contributed by atoms with Crippen molar-refractivity contribution in [2.45, 2.75) is 116 Å². The summed E-state index contributed by atoms with van der Waals surface area (Å²) in [6.07, 6.45) is -2.21. The zero-order valence-corrected chi connectivity index (χ0v) is 34.5. The Morgan fingerprint density at radius 3 is 2.29 bits per heavy atom. The van der Waals surface area contributed by atoms with Crippen molar-refractivity contribution in [1.82, 2.24) is 14.8 Å². The van der Waals surface area contributed by atoms with Crippen molar-refractivity contribution in [1.29, 1.82) is 0 Å². The number of rotatable bonds is 9. The molecule has 0 spiro atoms. The maximum atomic E-state index is 13.6. The van der Waals surface area contributed by atoms with Crippen molar-refractivity contribution >= 4 is 40.3 Å². The van der Waals surface area contributed by atoms with Crippen LogP contribution in [-0.4, -0.2) is 121 Å². The standard InChI is InChI=1S/C42H60ClN3O10/c1-9-34-42(7,54)37(49)27(5)45(22-24(2)21-41(6,53)36(48)25(3)35(47)26(4)40(52)56-34)19-11-10-18-44-38(50)32-23-46(33-17-16-30(55-8)20-31(32)33)39(51)28-12-14-29(43)15-13-28/h12-17,20,23-27,34-37,47-49,53-54H,9-11,18-19,21-22H2,1-8H3,(H,44,50)/t24-,25+,26-,27-,34-,35+,36-,37-,41-,42-/m1/s1. The first-order valence-electron chi connectivity index (χ1n) is 19.5. The van der Waals surface area contributed by atoms with E-state index in [1.807, 2.05) is 11.8 Å². The number of benzene rings is 2. The number of carbonyl (C=O) groups excluding carboxylic acids is 3. The highest BCUT2D eigenvalue weighted by Crippen LogP contribution is 2.33. The maximum absolute atomic E-state index is 13.6. The van der Waals surface area contributed by atoms with Crippen LogP contribution in [0, 0.1) is 17.8 Å². The Hall–Kier alpha value is -3.56. The lowest BCUT2D eigenvalue weighted by atomic mass is 9.78. The van der Waals surface area contributed by atoms with E-state index in [9.17, 15) is 39.9 Å². The van der Waals surface area contributed by atoms with Crippen molar-refractivity contribution in [2.75, 3.05) is 26.7 Å². The zero-order valence-electron chi connectivity index (χ0n) is 33.7. The van der Waals surface area contributed by atoms with E-state index in [0.29, 0.717) is 65.3 Å². The fourth-order valence-electron chi connectivity index (χ4n) is 8.00. The van der Waals surface area contributed by atoms with E-state index in [0.717, 1.165) is 0 Å². The van der Waals surface area contributed by atoms with Crippen molar-refractivity contribution in [3.63, 3.8) is 0 Å². The summed E-state index contributed by atoms with van der Waals surface area (Å²) in [5.41, 5.74) is -2.24. The second-order valence-electron chi connectivity index (χ2n) is 16.1. The molecule has 2 aromatic carbocycles. The Kier molecular flexibility index (Phi) is 15.2. The van der Waals surface area contributed by atoms with Gasteiger partial charge in [-0.1, -0.05) is 32.4 Å². The zero-order chi connectivity index (χ0) is 41.7. The number of amides is 1. The van der Waals surface area contributed by atoms with Crippen molar-refractivity contribution < 1.29 is 49.4 Å². The van der Waals surface area contributed by atoms with E-state index < -0.39 is 59.5 Å². The van der Waals surface area contributed by atoms with Crippen LogP contribution in [0.3, 0.4) is 0 Å². The third-order valence-electron chi connectivity index (χ3n) is 11.5. The number of aromatic nitrogens is 1. The van der Waals surface area contributed by atoms with Crippen LogP contribution in [0.5, 0.6) is 5.75 Å². The molecule has 0 radical (unpaired) electrons. The summed E-state index contributed by atoms with van der Waals surface area (Å²) in [6, 6.07) is 11.0. The highest BCUT2D eigenvalue weighted by Gasteiger charge is 2.47. The minimum Gasteiger partial charge on any atom is -0.497 e. The third-order valence-corrected chi connectivity index (χ3v) is 11.8. The van der Waals surface area contributed by atoms with Gasteiger partial charge < -0.3 is 40.3 Å². The normalized spacial score (nSPS) is 31.3. The summed E-state index contributed by atoms with van der Waals surface area (Å²) in [5.74, 6) is -3.13. The van der Waals surface area contributed by atoms with Gasteiger partial charge in [0, 0.05) is 47.2 Å². The minimum absolute atomic E-state index is 0.145. The Bertz CT molecular complexity index is 1810. The van der Waals surface area contributed by atoms with E-state index in [4.69, 9.17) is 21.1 Å². The molecule has 1 aromatic heterocycles. The molecular weight excluding hydrogens is 742 g/mol. The number of ether oxygens (including phenoxy) is 2. The molecule has 310 valence electrons. The van der Waals surface area contributed by atoms with Crippen LogP contribution in [-0.2, 0) is 9.53 Å². The number of nitrogens with one attached hydrogen (secondary N) is 1. The van der Waals surface area contributed by atoms with Crippen molar-refractivity contribution in [2.24, 2.45) is 17.8 Å². The molecule has 1 aliphatic rings. The highest BCUT2D eigenvalue weighted by atomic mass is 35.5. The summed E-state index contributed by atoms with van der Waals surface area (Å²) in [6.45, 7) is 12.5. The van der Waals surface area contributed by atoms with E-state index in [1.165, 1.54) is 38.6 Å². The van der Waals surface area contributed by atoms with Gasteiger partial charge in [0.05, 0.1) is 41.9 Å². The number of aliphatic hydroxyl groups excluding tert-OH is 3. The predicted octanol–water partition coefficient (Wildman–Crippen LogP) is 4.41. The third kappa shape index (κ3) is 10.1. The van der Waals surface area contributed by atoms with E-state index in [1.54, 1.807) is 63.2 Å². The molecule has 0 bridgehead atoms. The average molecular weight is 802 g/mol. The lowest BCUT2D eigenvalue weighted by molar-refractivity contribution is -0.193. The summed E-state index contributed by atoms with van der Waals surface area (Å²) >= 11 is 6.03. The number of methoxy groups -OCH3 is 1. The lowest BCUT2D eigenvalue weighted by Crippen LogP contribution is -2.59. The number of hydrogen-bond acceptors (Lipinski definition) is 11. The Morgan fingerprint density at radius 1 is 1.00 bits per heavy atom. The maximum Gasteiger partial charge on any atom is 0.311 e. The Labute approximate surface area is 334 Å². The first kappa shape index (κ1) is 45.1. The van der Waals surface area contributed by atoms with Crippen LogP contribution < -0.4 is 10.1 Å². The van der Waals surface area contributed by atoms with Gasteiger partial charge in [0.2, 0.25) is 0 Å². The number of nitrogens with zero attached hydrogens (tertiary/aromatic N) is 2. The van der Waals surface area contributed by atoms with Crippen LogP contribution in [0.25, 0.3) is 10.9 Å². The fraction of sp³-hybridized carbons (Fsp3) is 0.595. The van der Waals surface area contributed by atoms with Crippen LogP contribution in [0.4, 0.5) is 0 Å².